The van der Waals surface area contributed by atoms with Gasteiger partial charge >= 0.3 is 0 Å². The highest BCUT2D eigenvalue weighted by molar-refractivity contribution is 6.08. The molecule has 1 aliphatic heterocycles. The van der Waals surface area contributed by atoms with E-state index in [9.17, 15) is 4.79 Å². The second-order valence-corrected chi connectivity index (χ2v) is 7.78. The van der Waals surface area contributed by atoms with E-state index in [1.807, 2.05) is 30.3 Å². The number of benzene rings is 1. The minimum Gasteiger partial charge on any atom is -0.488 e. The Morgan fingerprint density at radius 1 is 1.21 bits per heavy atom. The highest BCUT2D eigenvalue weighted by Gasteiger charge is 2.40. The molecule has 0 radical (unpaired) electrons. The van der Waals surface area contributed by atoms with E-state index >= 15 is 0 Å². The molecule has 0 unspecified atom stereocenters. The van der Waals surface area contributed by atoms with Crippen LogP contribution in [0.5, 0.6) is 5.75 Å². The number of aliphatic hydroxyl groups excluding tert-OH is 1. The van der Waals surface area contributed by atoms with Crippen molar-refractivity contribution in [1.82, 2.24) is 14.9 Å². The van der Waals surface area contributed by atoms with E-state index in [2.05, 4.69) is 21.8 Å². The van der Waals surface area contributed by atoms with E-state index in [4.69, 9.17) is 15.3 Å². The van der Waals surface area contributed by atoms with Gasteiger partial charge in [0.25, 0.3) is 0 Å². The Balaban J connectivity index is 1.47. The molecule has 1 aromatic heterocycles. The number of hydrogen-bond donors (Lipinski definition) is 2. The first kappa shape index (κ1) is 19.3. The number of nitrogens with zero attached hydrogens (tertiary/aromatic N) is 4. The topological polar surface area (TPSA) is 104 Å². The van der Waals surface area contributed by atoms with Crippen molar-refractivity contribution < 1.29 is 20.0 Å². The smallest absolute Gasteiger partial charge is 0.248 e. The third kappa shape index (κ3) is 4.37. The lowest BCUT2D eigenvalue weighted by Crippen LogP contribution is -2.50. The summed E-state index contributed by atoms with van der Waals surface area (Å²) in [6, 6.07) is 9.63. The summed E-state index contributed by atoms with van der Waals surface area (Å²) in [6.45, 7) is 4.04. The molecule has 2 aromatic rings. The van der Waals surface area contributed by atoms with Crippen molar-refractivity contribution in [2.45, 2.75) is 25.4 Å². The van der Waals surface area contributed by atoms with Crippen LogP contribution in [-0.4, -0.2) is 70.0 Å². The molecule has 0 bridgehead atoms. The minimum absolute atomic E-state index is 0.0466. The quantitative estimate of drug-likeness (QED) is 0.647. The third-order valence-electron chi connectivity index (χ3n) is 5.48. The molecule has 2 heterocycles. The van der Waals surface area contributed by atoms with E-state index in [0.717, 1.165) is 30.0 Å². The monoisotopic (exact) mass is 396 g/mol. The average molecular weight is 396 g/mol. The zero-order valence-corrected chi connectivity index (χ0v) is 16.5. The Kier molecular flexibility index (Phi) is 5.19. The molecule has 29 heavy (non-hydrogen) atoms. The first-order valence-electron chi connectivity index (χ1n) is 9.85. The van der Waals surface area contributed by atoms with Crippen molar-refractivity contribution in [2.75, 3.05) is 37.7 Å². The van der Waals surface area contributed by atoms with Crippen LogP contribution < -0.4 is 15.0 Å². The van der Waals surface area contributed by atoms with Crippen LogP contribution >= 0.6 is 0 Å². The predicted octanol–water partition coefficient (Wildman–Crippen LogP) is -0.355. The highest BCUT2D eigenvalue weighted by atomic mass is 16.5. The summed E-state index contributed by atoms with van der Waals surface area (Å²) >= 11 is 0. The normalized spacial score (nSPS) is 17.7. The summed E-state index contributed by atoms with van der Waals surface area (Å²) in [5, 5.41) is 15.4. The number of amides is 1. The van der Waals surface area contributed by atoms with E-state index in [1.165, 1.54) is 6.33 Å². The Labute approximate surface area is 169 Å². The molecule has 8 heteroatoms. The van der Waals surface area contributed by atoms with Crippen LogP contribution in [0.4, 0.5) is 5.82 Å². The Bertz CT molecular complexity index is 920. The van der Waals surface area contributed by atoms with Crippen molar-refractivity contribution in [1.29, 1.82) is 0 Å². The van der Waals surface area contributed by atoms with Crippen molar-refractivity contribution in [3.8, 4) is 5.75 Å². The van der Waals surface area contributed by atoms with Crippen molar-refractivity contribution >= 4 is 17.4 Å². The van der Waals surface area contributed by atoms with Crippen LogP contribution in [0.25, 0.3) is 0 Å². The number of hydrogen-bond acceptors (Lipinski definition) is 6. The molecule has 152 valence electrons. The van der Waals surface area contributed by atoms with Crippen molar-refractivity contribution in [2.24, 2.45) is 0 Å². The number of aliphatic hydroxyl groups is 1. The standard InChI is InChI=1S/C21H25N5O3/c1-21(5-6-21)29-16-4-2-3-15(11-16)20(22)17-12-18(24-14-23-17)25-7-9-26(10-8-25)19(28)13-27/h2-4,11-12,14,22,27H,5-10,13H2,1H3/p+1. The van der Waals surface area contributed by atoms with Gasteiger partial charge in [-0.15, -0.1) is 0 Å². The molecule has 3 N–H and O–H groups in total. The summed E-state index contributed by atoms with van der Waals surface area (Å²) in [7, 11) is 0. The molecule has 2 aliphatic rings. The fourth-order valence-corrected chi connectivity index (χ4v) is 3.39. The third-order valence-corrected chi connectivity index (χ3v) is 5.48. The minimum atomic E-state index is -0.453. The molecule has 2 fully saturated rings. The predicted molar refractivity (Wildman–Crippen MR) is 108 cm³/mol. The summed E-state index contributed by atoms with van der Waals surface area (Å²) < 4.78 is 6.04. The number of nitrogens with two attached hydrogens (primary N) is 1. The lowest BCUT2D eigenvalue weighted by Gasteiger charge is -2.35. The second-order valence-electron chi connectivity index (χ2n) is 7.78. The Hall–Kier alpha value is -3.00. The van der Waals surface area contributed by atoms with Gasteiger partial charge < -0.3 is 19.6 Å². The number of piperazine rings is 1. The lowest BCUT2D eigenvalue weighted by atomic mass is 10.1. The number of aromatic nitrogens is 2. The molecular weight excluding hydrogens is 370 g/mol. The van der Waals surface area contributed by atoms with Crippen LogP contribution in [0.1, 0.15) is 31.0 Å². The molecule has 1 amide bonds. The number of carbonyl (C=O) groups is 1. The van der Waals surface area contributed by atoms with E-state index in [1.54, 1.807) is 4.90 Å². The van der Waals surface area contributed by atoms with Gasteiger partial charge in [0.2, 0.25) is 11.6 Å². The summed E-state index contributed by atoms with van der Waals surface area (Å²) in [5.41, 5.74) is 2.03. The molecule has 0 atom stereocenters. The molecule has 1 aliphatic carbocycles. The van der Waals surface area contributed by atoms with Crippen LogP contribution in [0, 0.1) is 0 Å². The lowest BCUT2D eigenvalue weighted by molar-refractivity contribution is -0.134. The van der Waals surface area contributed by atoms with Crippen LogP contribution in [0.2, 0.25) is 0 Å². The van der Waals surface area contributed by atoms with Gasteiger partial charge in [0.15, 0.2) is 0 Å². The van der Waals surface area contributed by atoms with Gasteiger partial charge in [-0.3, -0.25) is 10.2 Å². The first-order valence-corrected chi connectivity index (χ1v) is 9.85. The maximum atomic E-state index is 11.6. The van der Waals surface area contributed by atoms with Gasteiger partial charge in [-0.25, -0.2) is 9.97 Å². The fourth-order valence-electron chi connectivity index (χ4n) is 3.39. The van der Waals surface area contributed by atoms with Crippen molar-refractivity contribution in [3.05, 3.63) is 47.9 Å². The van der Waals surface area contributed by atoms with Gasteiger partial charge in [0, 0.05) is 32.2 Å². The molecule has 0 spiro atoms. The van der Waals surface area contributed by atoms with Gasteiger partial charge in [0.1, 0.15) is 35.8 Å². The maximum absolute atomic E-state index is 11.6. The Morgan fingerprint density at radius 2 is 1.97 bits per heavy atom. The van der Waals surface area contributed by atoms with Crippen LogP contribution in [-0.2, 0) is 4.79 Å². The van der Waals surface area contributed by atoms with E-state index in [0.29, 0.717) is 37.6 Å². The van der Waals surface area contributed by atoms with E-state index < -0.39 is 6.61 Å². The number of carbonyl (C=O) groups excluding carboxylic acids is 1. The van der Waals surface area contributed by atoms with Gasteiger partial charge in [-0.1, -0.05) is 6.07 Å². The second kappa shape index (κ2) is 7.79. The SMILES string of the molecule is CC1(Oc2cccc(C(=[NH2+])c3cc(N4CCN(C(=O)CO)CC4)ncn3)c2)CC1. The number of anilines is 1. The molecule has 1 aromatic carbocycles. The summed E-state index contributed by atoms with van der Waals surface area (Å²) in [5.74, 6) is 1.34. The summed E-state index contributed by atoms with van der Waals surface area (Å²) in [6.07, 6.45) is 3.65. The fraction of sp³-hybridized carbons (Fsp3) is 0.429. The molecule has 1 saturated heterocycles. The van der Waals surface area contributed by atoms with Crippen LogP contribution in [0.15, 0.2) is 36.7 Å². The molecule has 8 nitrogen and oxygen atoms in total. The van der Waals surface area contributed by atoms with E-state index in [-0.39, 0.29) is 11.5 Å². The number of rotatable bonds is 6. The maximum Gasteiger partial charge on any atom is 0.248 e. The van der Waals surface area contributed by atoms with Crippen LogP contribution in [0.3, 0.4) is 0 Å². The zero-order chi connectivity index (χ0) is 20.4. The Morgan fingerprint density at radius 3 is 2.66 bits per heavy atom. The average Bonchev–Trinajstić information content (AvgIpc) is 3.49. The molecular formula is C21H26N5O3+. The first-order chi connectivity index (χ1) is 14.0. The molecule has 4 rings (SSSR count). The van der Waals surface area contributed by atoms with Gasteiger partial charge in [0.05, 0.1) is 5.56 Å². The highest BCUT2D eigenvalue weighted by Crippen LogP contribution is 2.39. The molecule has 1 saturated carbocycles. The van der Waals surface area contributed by atoms with Crippen molar-refractivity contribution in [3.63, 3.8) is 0 Å². The number of ether oxygens (including phenoxy) is 1. The van der Waals surface area contributed by atoms with Gasteiger partial charge in [-0.05, 0) is 38.0 Å². The zero-order valence-electron chi connectivity index (χ0n) is 16.5. The largest absolute Gasteiger partial charge is 0.488 e. The summed E-state index contributed by atoms with van der Waals surface area (Å²) in [4.78, 5) is 24.1. The van der Waals surface area contributed by atoms with Gasteiger partial charge in [-0.2, -0.15) is 0 Å².